The monoisotopic (exact) mass is 226 g/mol. The SMILES string of the molecule is CCC(C)(CC)CI. The third-order valence-electron chi connectivity index (χ3n) is 2.03. The maximum Gasteiger partial charge on any atom is 0.00491 e. The summed E-state index contributed by atoms with van der Waals surface area (Å²) >= 11 is 2.47. The molecule has 0 bridgehead atoms. The van der Waals surface area contributed by atoms with Crippen molar-refractivity contribution in [3.8, 4) is 0 Å². The van der Waals surface area contributed by atoms with Gasteiger partial charge in [0.25, 0.3) is 0 Å². The van der Waals surface area contributed by atoms with Gasteiger partial charge in [-0.3, -0.25) is 0 Å². The lowest BCUT2D eigenvalue weighted by molar-refractivity contribution is 0.353. The van der Waals surface area contributed by atoms with E-state index >= 15 is 0 Å². The van der Waals surface area contributed by atoms with Crippen molar-refractivity contribution in [2.45, 2.75) is 33.6 Å². The molecule has 0 N–H and O–H groups in total. The summed E-state index contributed by atoms with van der Waals surface area (Å²) in [6, 6.07) is 0. The standard InChI is InChI=1S/C7H15I/c1-4-7(3,5-2)6-8/h4-6H2,1-3H3. The van der Waals surface area contributed by atoms with Gasteiger partial charge in [0.1, 0.15) is 0 Å². The van der Waals surface area contributed by atoms with E-state index in [-0.39, 0.29) is 0 Å². The molecule has 0 aliphatic heterocycles. The van der Waals surface area contributed by atoms with E-state index in [0.717, 1.165) is 0 Å². The van der Waals surface area contributed by atoms with Gasteiger partial charge in [-0.05, 0) is 5.41 Å². The summed E-state index contributed by atoms with van der Waals surface area (Å²) in [5, 5.41) is 0. The van der Waals surface area contributed by atoms with E-state index in [9.17, 15) is 0 Å². The summed E-state index contributed by atoms with van der Waals surface area (Å²) in [6.45, 7) is 6.88. The van der Waals surface area contributed by atoms with Crippen LogP contribution in [0, 0.1) is 5.41 Å². The molecule has 0 saturated heterocycles. The Morgan fingerprint density at radius 3 is 1.62 bits per heavy atom. The predicted octanol–water partition coefficient (Wildman–Crippen LogP) is 3.25. The average Bonchev–Trinajstić information content (AvgIpc) is 1.87. The van der Waals surface area contributed by atoms with Crippen LogP contribution in [0.5, 0.6) is 0 Å². The lowest BCUT2D eigenvalue weighted by Crippen LogP contribution is -2.14. The normalized spacial score (nSPS) is 12.0. The molecule has 0 spiro atoms. The van der Waals surface area contributed by atoms with Gasteiger partial charge in [-0.1, -0.05) is 56.2 Å². The Bertz CT molecular complexity index is 47.1. The number of alkyl halides is 1. The summed E-state index contributed by atoms with van der Waals surface area (Å²) in [5.41, 5.74) is 0.612. The molecule has 0 aromatic carbocycles. The third kappa shape index (κ3) is 2.33. The van der Waals surface area contributed by atoms with E-state index in [0.29, 0.717) is 5.41 Å². The zero-order valence-corrected chi connectivity index (χ0v) is 8.16. The van der Waals surface area contributed by atoms with Gasteiger partial charge in [-0.15, -0.1) is 0 Å². The molecule has 0 fully saturated rings. The summed E-state index contributed by atoms with van der Waals surface area (Å²) < 4.78 is 1.29. The van der Waals surface area contributed by atoms with Crippen LogP contribution in [-0.2, 0) is 0 Å². The molecule has 0 amide bonds. The first-order valence-corrected chi connectivity index (χ1v) is 4.77. The first-order valence-electron chi connectivity index (χ1n) is 3.24. The van der Waals surface area contributed by atoms with Crippen molar-refractivity contribution in [3.05, 3.63) is 0 Å². The van der Waals surface area contributed by atoms with E-state index in [1.807, 2.05) is 0 Å². The fourth-order valence-electron chi connectivity index (χ4n) is 0.439. The number of hydrogen-bond acceptors (Lipinski definition) is 0. The first kappa shape index (κ1) is 8.73. The molecule has 50 valence electrons. The number of hydrogen-bond donors (Lipinski definition) is 0. The molecule has 0 aromatic rings. The molecule has 0 heterocycles. The first-order chi connectivity index (χ1) is 3.68. The van der Waals surface area contributed by atoms with E-state index in [1.54, 1.807) is 0 Å². The Balaban J connectivity index is 3.58. The van der Waals surface area contributed by atoms with Crippen LogP contribution >= 0.6 is 22.6 Å². The number of rotatable bonds is 3. The molecule has 0 saturated carbocycles. The van der Waals surface area contributed by atoms with Crippen LogP contribution in [0.3, 0.4) is 0 Å². The van der Waals surface area contributed by atoms with Crippen molar-refractivity contribution in [1.82, 2.24) is 0 Å². The highest BCUT2D eigenvalue weighted by Crippen LogP contribution is 2.27. The van der Waals surface area contributed by atoms with Crippen LogP contribution < -0.4 is 0 Å². The predicted molar refractivity (Wildman–Crippen MR) is 47.6 cm³/mol. The lowest BCUT2D eigenvalue weighted by Gasteiger charge is -2.22. The Hall–Kier alpha value is 0.730. The van der Waals surface area contributed by atoms with Gasteiger partial charge in [0.05, 0.1) is 0 Å². The molecular formula is C7H15I. The van der Waals surface area contributed by atoms with Gasteiger partial charge in [-0.25, -0.2) is 0 Å². The van der Waals surface area contributed by atoms with E-state index in [1.165, 1.54) is 17.3 Å². The Morgan fingerprint density at radius 1 is 1.25 bits per heavy atom. The lowest BCUT2D eigenvalue weighted by atomic mass is 9.88. The molecule has 1 heteroatoms. The zero-order valence-electron chi connectivity index (χ0n) is 6.00. The van der Waals surface area contributed by atoms with Crippen molar-refractivity contribution in [2.24, 2.45) is 5.41 Å². The summed E-state index contributed by atoms with van der Waals surface area (Å²) in [7, 11) is 0. The van der Waals surface area contributed by atoms with Crippen molar-refractivity contribution >= 4 is 22.6 Å². The number of halogens is 1. The van der Waals surface area contributed by atoms with Gasteiger partial charge < -0.3 is 0 Å². The maximum atomic E-state index is 2.47. The molecular weight excluding hydrogens is 211 g/mol. The second-order valence-corrected chi connectivity index (χ2v) is 3.41. The molecule has 0 radical (unpaired) electrons. The van der Waals surface area contributed by atoms with Crippen LogP contribution in [0.15, 0.2) is 0 Å². The topological polar surface area (TPSA) is 0 Å². The van der Waals surface area contributed by atoms with Crippen LogP contribution in [0.4, 0.5) is 0 Å². The minimum absolute atomic E-state index is 0.612. The Morgan fingerprint density at radius 2 is 1.62 bits per heavy atom. The highest BCUT2D eigenvalue weighted by Gasteiger charge is 2.16. The molecule has 0 aliphatic carbocycles. The molecule has 0 nitrogen and oxygen atoms in total. The van der Waals surface area contributed by atoms with Crippen LogP contribution in [0.25, 0.3) is 0 Å². The van der Waals surface area contributed by atoms with E-state index in [2.05, 4.69) is 43.4 Å². The smallest absolute Gasteiger partial charge is 0.00491 e. The van der Waals surface area contributed by atoms with Crippen molar-refractivity contribution in [3.63, 3.8) is 0 Å². The minimum atomic E-state index is 0.612. The average molecular weight is 226 g/mol. The highest BCUT2D eigenvalue weighted by molar-refractivity contribution is 14.1. The minimum Gasteiger partial charge on any atom is -0.0858 e. The quantitative estimate of drug-likeness (QED) is 0.511. The van der Waals surface area contributed by atoms with Gasteiger partial charge in [-0.2, -0.15) is 0 Å². The Kier molecular flexibility index (Phi) is 4.04. The van der Waals surface area contributed by atoms with Crippen molar-refractivity contribution in [1.29, 1.82) is 0 Å². The zero-order chi connectivity index (χ0) is 6.62. The second-order valence-electron chi connectivity index (χ2n) is 2.65. The largest absolute Gasteiger partial charge is 0.0858 e. The third-order valence-corrected chi connectivity index (χ3v) is 3.87. The Labute approximate surface area is 66.2 Å². The molecule has 0 rings (SSSR count). The molecule has 8 heavy (non-hydrogen) atoms. The fourth-order valence-corrected chi connectivity index (χ4v) is 1.52. The van der Waals surface area contributed by atoms with Crippen LogP contribution in [-0.4, -0.2) is 4.43 Å². The summed E-state index contributed by atoms with van der Waals surface area (Å²) in [5.74, 6) is 0. The van der Waals surface area contributed by atoms with Crippen molar-refractivity contribution < 1.29 is 0 Å². The van der Waals surface area contributed by atoms with E-state index in [4.69, 9.17) is 0 Å². The highest BCUT2D eigenvalue weighted by atomic mass is 127. The van der Waals surface area contributed by atoms with Gasteiger partial charge in [0, 0.05) is 4.43 Å². The molecule has 0 aliphatic rings. The van der Waals surface area contributed by atoms with Gasteiger partial charge >= 0.3 is 0 Å². The van der Waals surface area contributed by atoms with Gasteiger partial charge in [0.15, 0.2) is 0 Å². The molecule has 0 unspecified atom stereocenters. The van der Waals surface area contributed by atoms with Crippen LogP contribution in [0.1, 0.15) is 33.6 Å². The van der Waals surface area contributed by atoms with Crippen LogP contribution in [0.2, 0.25) is 0 Å². The molecule has 0 atom stereocenters. The van der Waals surface area contributed by atoms with E-state index < -0.39 is 0 Å². The fraction of sp³-hybridized carbons (Fsp3) is 1.00. The molecule has 0 aromatic heterocycles. The summed E-state index contributed by atoms with van der Waals surface area (Å²) in [6.07, 6.45) is 2.62. The van der Waals surface area contributed by atoms with Gasteiger partial charge in [0.2, 0.25) is 0 Å². The van der Waals surface area contributed by atoms with Crippen molar-refractivity contribution in [2.75, 3.05) is 4.43 Å². The summed E-state index contributed by atoms with van der Waals surface area (Å²) in [4.78, 5) is 0. The maximum absolute atomic E-state index is 2.47. The second kappa shape index (κ2) is 3.70.